The van der Waals surface area contributed by atoms with Gasteiger partial charge in [0.2, 0.25) is 0 Å². The molecule has 1 amide bonds. The molecule has 0 atom stereocenters. The average molecular weight is 259 g/mol. The van der Waals surface area contributed by atoms with Crippen molar-refractivity contribution in [1.82, 2.24) is 20.6 Å². The molecule has 0 unspecified atom stereocenters. The Morgan fingerprint density at radius 3 is 2.89 bits per heavy atom. The number of hydrogen-bond donors (Lipinski definition) is 2. The largest absolute Gasteiger partial charge is 0.313 e. The van der Waals surface area contributed by atoms with Crippen molar-refractivity contribution >= 4 is 17.3 Å². The highest BCUT2D eigenvalue weighted by Crippen LogP contribution is 2.25. The van der Waals surface area contributed by atoms with Crippen molar-refractivity contribution in [3.05, 3.63) is 39.7 Å². The molecule has 2 N–H and O–H groups in total. The van der Waals surface area contributed by atoms with Crippen molar-refractivity contribution in [2.75, 3.05) is 5.32 Å². The highest BCUT2D eigenvalue weighted by atomic mass is 16.6. The zero-order chi connectivity index (χ0) is 13.8. The van der Waals surface area contributed by atoms with Crippen LogP contribution < -0.4 is 5.32 Å². The number of carbonyl (C=O) groups excluding carboxylic acids is 1. The molecule has 0 bridgehead atoms. The van der Waals surface area contributed by atoms with E-state index in [-0.39, 0.29) is 17.1 Å². The van der Waals surface area contributed by atoms with Crippen LogP contribution >= 0.6 is 0 Å². The van der Waals surface area contributed by atoms with E-state index in [4.69, 9.17) is 5.26 Å². The number of nitrogens with zero attached hydrogens (tertiary/aromatic N) is 5. The van der Waals surface area contributed by atoms with Gasteiger partial charge in [-0.05, 0) is 17.3 Å². The molecule has 2 aromatic rings. The second-order valence-electron chi connectivity index (χ2n) is 3.29. The number of benzene rings is 1. The summed E-state index contributed by atoms with van der Waals surface area (Å²) in [6.07, 6.45) is 0. The fourth-order valence-electron chi connectivity index (χ4n) is 1.29. The minimum Gasteiger partial charge on any atom is -0.313 e. The second-order valence-corrected chi connectivity index (χ2v) is 3.29. The van der Waals surface area contributed by atoms with Crippen molar-refractivity contribution in [1.29, 1.82) is 5.26 Å². The predicted octanol–water partition coefficient (Wildman–Crippen LogP) is 0.232. The van der Waals surface area contributed by atoms with Gasteiger partial charge in [0, 0.05) is 6.07 Å². The van der Waals surface area contributed by atoms with Gasteiger partial charge in [-0.3, -0.25) is 14.9 Å². The maximum Gasteiger partial charge on any atom is 0.297 e. The lowest BCUT2D eigenvalue weighted by Gasteiger charge is -2.03. The number of aromatic amines is 1. The van der Waals surface area contributed by atoms with E-state index in [0.29, 0.717) is 0 Å². The number of rotatable bonds is 3. The second kappa shape index (κ2) is 4.88. The minimum absolute atomic E-state index is 0.0567. The summed E-state index contributed by atoms with van der Waals surface area (Å²) in [5.41, 5.74) is -0.334. The molecule has 0 spiro atoms. The van der Waals surface area contributed by atoms with Crippen molar-refractivity contribution in [3.63, 3.8) is 0 Å². The number of carbonyl (C=O) groups is 1. The van der Waals surface area contributed by atoms with Gasteiger partial charge < -0.3 is 5.32 Å². The van der Waals surface area contributed by atoms with E-state index in [1.807, 2.05) is 0 Å². The van der Waals surface area contributed by atoms with Crippen LogP contribution in [0.4, 0.5) is 11.4 Å². The number of hydrogen-bond acceptors (Lipinski definition) is 7. The number of H-pyrrole nitrogens is 1. The van der Waals surface area contributed by atoms with Gasteiger partial charge in [0.15, 0.2) is 0 Å². The van der Waals surface area contributed by atoms with E-state index < -0.39 is 16.5 Å². The predicted molar refractivity (Wildman–Crippen MR) is 59.9 cm³/mol. The Balaban J connectivity index is 2.33. The summed E-state index contributed by atoms with van der Waals surface area (Å²) in [6, 6.07) is 5.44. The standard InChI is InChI=1S/C9H5N7O3/c10-4-5-1-2-6(7(3-5)16(18)19)11-9(17)8-12-14-15-13-8/h1-3H,(H,11,17)(H,12,13,14,15). The zero-order valence-electron chi connectivity index (χ0n) is 9.19. The molecule has 0 saturated carbocycles. The molecule has 1 aromatic carbocycles. The van der Waals surface area contributed by atoms with E-state index in [0.717, 1.165) is 6.07 Å². The summed E-state index contributed by atoms with van der Waals surface area (Å²) in [6.45, 7) is 0. The number of nitriles is 1. The highest BCUT2D eigenvalue weighted by molar-refractivity contribution is 6.02. The van der Waals surface area contributed by atoms with Crippen LogP contribution in [0.25, 0.3) is 0 Å². The van der Waals surface area contributed by atoms with Gasteiger partial charge in [0.25, 0.3) is 17.4 Å². The molecule has 10 heteroatoms. The fourth-order valence-corrected chi connectivity index (χ4v) is 1.29. The third-order valence-corrected chi connectivity index (χ3v) is 2.12. The third-order valence-electron chi connectivity index (χ3n) is 2.12. The van der Waals surface area contributed by atoms with E-state index in [9.17, 15) is 14.9 Å². The van der Waals surface area contributed by atoms with E-state index >= 15 is 0 Å². The first-order chi connectivity index (χ1) is 9.11. The Hall–Kier alpha value is -3.35. The lowest BCUT2D eigenvalue weighted by molar-refractivity contribution is -0.383. The van der Waals surface area contributed by atoms with Gasteiger partial charge in [0.1, 0.15) is 5.69 Å². The van der Waals surface area contributed by atoms with Gasteiger partial charge in [0.05, 0.1) is 16.6 Å². The molecule has 19 heavy (non-hydrogen) atoms. The van der Waals surface area contributed by atoms with Crippen LogP contribution in [0.15, 0.2) is 18.2 Å². The number of amides is 1. The SMILES string of the molecule is N#Cc1ccc(NC(=O)c2nn[nH]n2)c([N+](=O)[O-])c1. The molecule has 0 saturated heterocycles. The summed E-state index contributed by atoms with van der Waals surface area (Å²) in [7, 11) is 0. The van der Waals surface area contributed by atoms with E-state index in [2.05, 4.69) is 25.9 Å². The first-order valence-corrected chi connectivity index (χ1v) is 4.85. The average Bonchev–Trinajstić information content (AvgIpc) is 2.92. The Labute approximate surface area is 105 Å². The van der Waals surface area contributed by atoms with E-state index in [1.165, 1.54) is 12.1 Å². The summed E-state index contributed by atoms with van der Waals surface area (Å²) in [5, 5.41) is 34.0. The van der Waals surface area contributed by atoms with Crippen LogP contribution in [0.3, 0.4) is 0 Å². The van der Waals surface area contributed by atoms with Gasteiger partial charge >= 0.3 is 0 Å². The number of nitro groups is 1. The first kappa shape index (κ1) is 12.1. The lowest BCUT2D eigenvalue weighted by atomic mass is 10.2. The van der Waals surface area contributed by atoms with Crippen LogP contribution in [0.5, 0.6) is 0 Å². The molecule has 0 aliphatic rings. The molecule has 0 fully saturated rings. The van der Waals surface area contributed by atoms with Crippen LogP contribution in [0, 0.1) is 21.4 Å². The Kier molecular flexibility index (Phi) is 3.11. The Morgan fingerprint density at radius 1 is 1.53 bits per heavy atom. The first-order valence-electron chi connectivity index (χ1n) is 4.85. The maximum atomic E-state index is 11.6. The number of tetrazole rings is 1. The molecule has 0 aliphatic carbocycles. The Bertz CT molecular complexity index is 674. The summed E-state index contributed by atoms with van der Waals surface area (Å²) >= 11 is 0. The van der Waals surface area contributed by atoms with Gasteiger partial charge in [-0.2, -0.15) is 10.5 Å². The molecule has 0 aliphatic heterocycles. The van der Waals surface area contributed by atoms with Crippen molar-refractivity contribution in [2.45, 2.75) is 0 Å². The number of aromatic nitrogens is 4. The normalized spacial score (nSPS) is 9.63. The summed E-state index contributed by atoms with van der Waals surface area (Å²) < 4.78 is 0. The summed E-state index contributed by atoms with van der Waals surface area (Å²) in [5.74, 6) is -1.000. The quantitative estimate of drug-likeness (QED) is 0.591. The lowest BCUT2D eigenvalue weighted by Crippen LogP contribution is -2.15. The monoisotopic (exact) mass is 259 g/mol. The molecule has 2 rings (SSSR count). The summed E-state index contributed by atoms with van der Waals surface area (Å²) in [4.78, 5) is 21.8. The van der Waals surface area contributed by atoms with Crippen molar-refractivity contribution in [2.24, 2.45) is 0 Å². The highest BCUT2D eigenvalue weighted by Gasteiger charge is 2.19. The van der Waals surface area contributed by atoms with Crippen LogP contribution in [0.2, 0.25) is 0 Å². The topological polar surface area (TPSA) is 150 Å². The van der Waals surface area contributed by atoms with E-state index in [1.54, 1.807) is 6.07 Å². The zero-order valence-corrected chi connectivity index (χ0v) is 9.19. The van der Waals surface area contributed by atoms with Crippen molar-refractivity contribution < 1.29 is 9.72 Å². The molecule has 1 heterocycles. The third kappa shape index (κ3) is 2.50. The maximum absolute atomic E-state index is 11.6. The van der Waals surface area contributed by atoms with Crippen LogP contribution in [-0.4, -0.2) is 31.5 Å². The van der Waals surface area contributed by atoms with Crippen LogP contribution in [-0.2, 0) is 0 Å². The molecule has 1 aromatic heterocycles. The fraction of sp³-hybridized carbons (Fsp3) is 0. The Morgan fingerprint density at radius 2 is 2.32 bits per heavy atom. The van der Waals surface area contributed by atoms with Gasteiger partial charge in [-0.1, -0.05) is 0 Å². The van der Waals surface area contributed by atoms with Crippen LogP contribution in [0.1, 0.15) is 16.2 Å². The minimum atomic E-state index is -0.749. The molecule has 10 nitrogen and oxygen atoms in total. The molecule has 0 radical (unpaired) electrons. The molecular formula is C9H5N7O3. The molecule has 94 valence electrons. The number of nitrogens with one attached hydrogen (secondary N) is 2. The smallest absolute Gasteiger partial charge is 0.297 e. The number of anilines is 1. The van der Waals surface area contributed by atoms with Crippen molar-refractivity contribution in [3.8, 4) is 6.07 Å². The van der Waals surface area contributed by atoms with Gasteiger partial charge in [-0.15, -0.1) is 10.2 Å². The molecular weight excluding hydrogens is 254 g/mol. The number of nitro benzene ring substituents is 1. The van der Waals surface area contributed by atoms with Gasteiger partial charge in [-0.25, -0.2) is 0 Å².